The largest absolute Gasteiger partial charge is 0.480 e. The Morgan fingerprint density at radius 1 is 1.19 bits per heavy atom. The van der Waals surface area contributed by atoms with E-state index in [1.165, 1.54) is 18.2 Å². The number of piperidine rings is 1. The zero-order chi connectivity index (χ0) is 19.4. The molecule has 2 fully saturated rings. The molecule has 0 bridgehead atoms. The molecule has 1 aromatic rings. The molecule has 148 valence electrons. The minimum atomic E-state index is -1.02. The second-order valence-electron chi connectivity index (χ2n) is 7.00. The minimum absolute atomic E-state index is 0.0798. The van der Waals surface area contributed by atoms with Crippen LogP contribution in [0.3, 0.4) is 0 Å². The third-order valence-corrected chi connectivity index (χ3v) is 5.36. The van der Waals surface area contributed by atoms with Crippen molar-refractivity contribution in [2.24, 2.45) is 5.92 Å². The van der Waals surface area contributed by atoms with Crippen molar-refractivity contribution in [3.05, 3.63) is 35.1 Å². The number of hydrogen-bond acceptors (Lipinski definition) is 5. The Kier molecular flexibility index (Phi) is 6.41. The van der Waals surface area contributed by atoms with E-state index in [4.69, 9.17) is 4.74 Å². The molecule has 1 aromatic carbocycles. The van der Waals surface area contributed by atoms with Crippen molar-refractivity contribution in [1.29, 1.82) is 0 Å². The molecular weight excluding hydrogens is 355 g/mol. The molecule has 8 heteroatoms. The van der Waals surface area contributed by atoms with Gasteiger partial charge in [-0.15, -0.1) is 0 Å². The lowest BCUT2D eigenvalue weighted by molar-refractivity contribution is -0.145. The van der Waals surface area contributed by atoms with Gasteiger partial charge >= 0.3 is 5.97 Å². The highest BCUT2D eigenvalue weighted by Gasteiger charge is 2.35. The molecule has 0 aliphatic carbocycles. The summed E-state index contributed by atoms with van der Waals surface area (Å²) in [6, 6.07) is 3.11. The number of amides is 1. The number of ether oxygens (including phenoxy) is 1. The van der Waals surface area contributed by atoms with Crippen molar-refractivity contribution in [3.63, 3.8) is 0 Å². The Morgan fingerprint density at radius 3 is 2.44 bits per heavy atom. The Hall–Kier alpha value is -2.03. The number of rotatable bonds is 5. The lowest BCUT2D eigenvalue weighted by Gasteiger charge is -2.37. The zero-order valence-electron chi connectivity index (χ0n) is 15.1. The third-order valence-electron chi connectivity index (χ3n) is 5.36. The van der Waals surface area contributed by atoms with E-state index in [0.717, 1.165) is 0 Å². The second kappa shape index (κ2) is 8.77. The van der Waals surface area contributed by atoms with Crippen LogP contribution in [0.1, 0.15) is 30.0 Å². The highest BCUT2D eigenvalue weighted by molar-refractivity contribution is 5.79. The SMILES string of the molecule is O=C(O)C(c1ccc(F)c(CO)c1)N1CCC(C(=O)N2CCOCC2)CC1. The first-order valence-corrected chi connectivity index (χ1v) is 9.24. The topological polar surface area (TPSA) is 90.3 Å². The number of carboxylic acid groups (broad SMARTS) is 1. The lowest BCUT2D eigenvalue weighted by Crippen LogP contribution is -2.48. The number of benzene rings is 1. The number of morpholine rings is 1. The fourth-order valence-electron chi connectivity index (χ4n) is 3.84. The molecule has 1 amide bonds. The van der Waals surface area contributed by atoms with Gasteiger partial charge in [0.05, 0.1) is 19.8 Å². The van der Waals surface area contributed by atoms with E-state index in [2.05, 4.69) is 0 Å². The number of carbonyl (C=O) groups is 2. The van der Waals surface area contributed by atoms with Crippen LogP contribution in [-0.4, -0.2) is 71.3 Å². The molecule has 0 aromatic heterocycles. The summed E-state index contributed by atoms with van der Waals surface area (Å²) >= 11 is 0. The second-order valence-corrected chi connectivity index (χ2v) is 7.00. The summed E-state index contributed by atoms with van der Waals surface area (Å²) in [5, 5.41) is 18.9. The maximum absolute atomic E-state index is 13.6. The summed E-state index contributed by atoms with van der Waals surface area (Å²) in [5.41, 5.74) is 0.516. The first-order chi connectivity index (χ1) is 13.0. The standard InChI is InChI=1S/C19H25FN2O5/c20-16-2-1-14(11-15(16)12-23)17(19(25)26)21-5-3-13(4-6-21)18(24)22-7-9-27-10-8-22/h1-2,11,13,17,23H,3-10,12H2,(H,25,26). The molecular formula is C19H25FN2O5. The van der Waals surface area contributed by atoms with Crippen LogP contribution in [0.15, 0.2) is 18.2 Å². The van der Waals surface area contributed by atoms with E-state index in [1.54, 1.807) is 4.90 Å². The molecule has 3 rings (SSSR count). The van der Waals surface area contributed by atoms with Gasteiger partial charge in [0, 0.05) is 37.7 Å². The summed E-state index contributed by atoms with van der Waals surface area (Å²) < 4.78 is 18.9. The molecule has 27 heavy (non-hydrogen) atoms. The van der Waals surface area contributed by atoms with Crippen LogP contribution in [0.25, 0.3) is 0 Å². The van der Waals surface area contributed by atoms with Gasteiger partial charge in [-0.05, 0) is 30.5 Å². The van der Waals surface area contributed by atoms with Gasteiger partial charge in [-0.2, -0.15) is 0 Å². The van der Waals surface area contributed by atoms with Crippen LogP contribution in [0.5, 0.6) is 0 Å². The molecule has 0 saturated carbocycles. The number of likely N-dealkylation sites (tertiary alicyclic amines) is 1. The first kappa shape index (κ1) is 19.7. The van der Waals surface area contributed by atoms with Crippen LogP contribution in [0.4, 0.5) is 4.39 Å². The van der Waals surface area contributed by atoms with Gasteiger partial charge in [-0.3, -0.25) is 14.5 Å². The zero-order valence-corrected chi connectivity index (χ0v) is 15.1. The third kappa shape index (κ3) is 4.45. The van der Waals surface area contributed by atoms with Crippen molar-refractivity contribution in [2.75, 3.05) is 39.4 Å². The number of nitrogens with zero attached hydrogens (tertiary/aromatic N) is 2. The maximum atomic E-state index is 13.6. The Bertz CT molecular complexity index is 685. The van der Waals surface area contributed by atoms with Gasteiger partial charge in [0.2, 0.25) is 5.91 Å². The van der Waals surface area contributed by atoms with Crippen LogP contribution in [0, 0.1) is 11.7 Å². The van der Waals surface area contributed by atoms with Crippen LogP contribution >= 0.6 is 0 Å². The minimum Gasteiger partial charge on any atom is -0.480 e. The fourth-order valence-corrected chi connectivity index (χ4v) is 3.84. The molecule has 2 aliphatic heterocycles. The maximum Gasteiger partial charge on any atom is 0.325 e. The molecule has 1 atom stereocenters. The van der Waals surface area contributed by atoms with E-state index >= 15 is 0 Å². The first-order valence-electron chi connectivity index (χ1n) is 9.24. The van der Waals surface area contributed by atoms with Gasteiger partial charge in [0.15, 0.2) is 0 Å². The normalized spacial score (nSPS) is 20.4. The van der Waals surface area contributed by atoms with Gasteiger partial charge in [0.1, 0.15) is 11.9 Å². The van der Waals surface area contributed by atoms with Crippen molar-refractivity contribution < 1.29 is 28.9 Å². The molecule has 7 nitrogen and oxygen atoms in total. The van der Waals surface area contributed by atoms with Crippen LogP contribution in [-0.2, 0) is 20.9 Å². The number of aliphatic carboxylic acids is 1. The number of carbonyl (C=O) groups excluding carboxylic acids is 1. The number of carboxylic acids is 1. The Balaban J connectivity index is 1.67. The van der Waals surface area contributed by atoms with Crippen molar-refractivity contribution >= 4 is 11.9 Å². The number of aliphatic hydroxyl groups is 1. The average Bonchev–Trinajstić information content (AvgIpc) is 2.70. The van der Waals surface area contributed by atoms with Crippen molar-refractivity contribution in [3.8, 4) is 0 Å². The van der Waals surface area contributed by atoms with Gasteiger partial charge in [-0.1, -0.05) is 6.07 Å². The Labute approximate surface area is 157 Å². The molecule has 0 radical (unpaired) electrons. The van der Waals surface area contributed by atoms with E-state index in [9.17, 15) is 24.2 Å². The summed E-state index contributed by atoms with van der Waals surface area (Å²) in [5.74, 6) is -1.56. The monoisotopic (exact) mass is 380 g/mol. The predicted octanol–water partition coefficient (Wildman–Crippen LogP) is 1.01. The predicted molar refractivity (Wildman–Crippen MR) is 94.4 cm³/mol. The van der Waals surface area contributed by atoms with Crippen LogP contribution < -0.4 is 0 Å². The highest BCUT2D eigenvalue weighted by Crippen LogP contribution is 2.29. The van der Waals surface area contributed by atoms with Gasteiger partial charge in [-0.25, -0.2) is 4.39 Å². The van der Waals surface area contributed by atoms with E-state index < -0.39 is 24.4 Å². The molecule has 2 N–H and O–H groups in total. The smallest absolute Gasteiger partial charge is 0.325 e. The molecule has 2 heterocycles. The van der Waals surface area contributed by atoms with Crippen LogP contribution in [0.2, 0.25) is 0 Å². The quantitative estimate of drug-likeness (QED) is 0.793. The summed E-state index contributed by atoms with van der Waals surface area (Å²) in [4.78, 5) is 28.1. The Morgan fingerprint density at radius 2 is 1.85 bits per heavy atom. The average molecular weight is 380 g/mol. The van der Waals surface area contributed by atoms with Gasteiger partial charge < -0.3 is 19.8 Å². The molecule has 0 spiro atoms. The van der Waals surface area contributed by atoms with E-state index in [0.29, 0.717) is 57.8 Å². The molecule has 2 saturated heterocycles. The summed E-state index contributed by atoms with van der Waals surface area (Å²) in [7, 11) is 0. The summed E-state index contributed by atoms with van der Waals surface area (Å²) in [6.45, 7) is 2.80. The molecule has 2 aliphatic rings. The van der Waals surface area contributed by atoms with E-state index in [-0.39, 0.29) is 17.4 Å². The fraction of sp³-hybridized carbons (Fsp3) is 0.579. The van der Waals surface area contributed by atoms with Gasteiger partial charge in [0.25, 0.3) is 0 Å². The highest BCUT2D eigenvalue weighted by atomic mass is 19.1. The summed E-state index contributed by atoms with van der Waals surface area (Å²) in [6.07, 6.45) is 1.18. The van der Waals surface area contributed by atoms with E-state index in [1.807, 2.05) is 4.90 Å². The molecule has 1 unspecified atom stereocenters. The number of hydrogen-bond donors (Lipinski definition) is 2. The number of aliphatic hydroxyl groups excluding tert-OH is 1. The van der Waals surface area contributed by atoms with Crippen molar-refractivity contribution in [1.82, 2.24) is 9.80 Å². The number of halogens is 1. The lowest BCUT2D eigenvalue weighted by atomic mass is 9.92. The van der Waals surface area contributed by atoms with Crippen molar-refractivity contribution in [2.45, 2.75) is 25.5 Å².